The van der Waals surface area contributed by atoms with Crippen LogP contribution in [0, 0.1) is 0 Å². The number of hydrogen-bond donors (Lipinski definition) is 1. The SMILES string of the molecule is COCCCNC(=O)c1cc2ccc(OC(=O)c3cc4cc(Br)ccc4oc3=O)cc2oc1=O. The molecule has 0 unspecified atom stereocenters. The number of fused-ring (bicyclic) bond motifs is 2. The van der Waals surface area contributed by atoms with Gasteiger partial charge in [-0.05, 0) is 48.9 Å². The molecule has 0 aliphatic heterocycles. The molecule has 0 aliphatic rings. The maximum Gasteiger partial charge on any atom is 0.351 e. The number of amides is 1. The Kier molecular flexibility index (Phi) is 6.90. The van der Waals surface area contributed by atoms with Gasteiger partial charge in [-0.25, -0.2) is 14.4 Å². The number of halogens is 1. The lowest BCUT2D eigenvalue weighted by atomic mass is 10.1. The van der Waals surface area contributed by atoms with Crippen LogP contribution in [-0.4, -0.2) is 32.1 Å². The van der Waals surface area contributed by atoms with Crippen LogP contribution in [0.4, 0.5) is 0 Å². The monoisotopic (exact) mass is 527 g/mol. The Hall–Kier alpha value is -3.76. The van der Waals surface area contributed by atoms with E-state index < -0.39 is 23.1 Å². The summed E-state index contributed by atoms with van der Waals surface area (Å²) in [6.07, 6.45) is 0.600. The fourth-order valence-corrected chi connectivity index (χ4v) is 3.60. The number of nitrogens with one attached hydrogen (secondary N) is 1. The molecular weight excluding hydrogens is 510 g/mol. The summed E-state index contributed by atoms with van der Waals surface area (Å²) < 4.78 is 21.4. The zero-order chi connectivity index (χ0) is 24.2. The second kappa shape index (κ2) is 10.0. The molecule has 0 fully saturated rings. The predicted octanol–water partition coefficient (Wildman–Crippen LogP) is 3.65. The molecule has 0 radical (unpaired) electrons. The normalized spacial score (nSPS) is 11.0. The number of esters is 1. The molecule has 1 amide bonds. The molecule has 0 bridgehead atoms. The third-order valence-corrected chi connectivity index (χ3v) is 5.38. The van der Waals surface area contributed by atoms with Gasteiger partial charge < -0.3 is 23.6 Å². The Morgan fingerprint density at radius 1 is 0.912 bits per heavy atom. The number of rotatable bonds is 7. The second-order valence-electron chi connectivity index (χ2n) is 7.27. The molecule has 2 aromatic carbocycles. The van der Waals surface area contributed by atoms with Crippen LogP contribution in [0.15, 0.2) is 71.4 Å². The van der Waals surface area contributed by atoms with Crippen LogP contribution in [0.5, 0.6) is 5.75 Å². The Bertz CT molecular complexity index is 1520. The van der Waals surface area contributed by atoms with E-state index in [1.807, 2.05) is 0 Å². The number of carbonyl (C=O) groups is 2. The molecule has 10 heteroatoms. The smallest absolute Gasteiger partial charge is 0.351 e. The van der Waals surface area contributed by atoms with Gasteiger partial charge in [-0.2, -0.15) is 0 Å². The number of carbonyl (C=O) groups excluding carboxylic acids is 2. The third kappa shape index (κ3) is 5.08. The number of ether oxygens (including phenoxy) is 2. The highest BCUT2D eigenvalue weighted by Crippen LogP contribution is 2.23. The van der Waals surface area contributed by atoms with Crippen molar-refractivity contribution in [2.45, 2.75) is 6.42 Å². The van der Waals surface area contributed by atoms with Crippen LogP contribution in [-0.2, 0) is 4.74 Å². The Morgan fingerprint density at radius 3 is 2.44 bits per heavy atom. The number of benzene rings is 2. The number of methoxy groups -OCH3 is 1. The van der Waals surface area contributed by atoms with Gasteiger partial charge in [-0.1, -0.05) is 15.9 Å². The van der Waals surface area contributed by atoms with E-state index in [9.17, 15) is 19.2 Å². The largest absolute Gasteiger partial charge is 0.423 e. The van der Waals surface area contributed by atoms with Gasteiger partial charge >= 0.3 is 17.2 Å². The average molecular weight is 528 g/mol. The maximum atomic E-state index is 12.6. The third-order valence-electron chi connectivity index (χ3n) is 4.89. The van der Waals surface area contributed by atoms with Gasteiger partial charge in [0.2, 0.25) is 0 Å². The first-order valence-electron chi connectivity index (χ1n) is 10.2. The summed E-state index contributed by atoms with van der Waals surface area (Å²) in [5.41, 5.74) is -1.66. The summed E-state index contributed by atoms with van der Waals surface area (Å²) in [4.78, 5) is 49.4. The topological polar surface area (TPSA) is 125 Å². The minimum Gasteiger partial charge on any atom is -0.423 e. The van der Waals surface area contributed by atoms with E-state index in [0.29, 0.717) is 35.9 Å². The first-order valence-corrected chi connectivity index (χ1v) is 11.0. The summed E-state index contributed by atoms with van der Waals surface area (Å²) in [5.74, 6) is -1.44. The quantitative estimate of drug-likeness (QED) is 0.167. The fourth-order valence-electron chi connectivity index (χ4n) is 3.23. The van der Waals surface area contributed by atoms with Crippen molar-refractivity contribution < 1.29 is 27.9 Å². The molecule has 0 spiro atoms. The number of hydrogen-bond acceptors (Lipinski definition) is 8. The summed E-state index contributed by atoms with van der Waals surface area (Å²) in [6.45, 7) is 0.825. The van der Waals surface area contributed by atoms with Crippen molar-refractivity contribution >= 4 is 49.7 Å². The van der Waals surface area contributed by atoms with E-state index >= 15 is 0 Å². The molecule has 1 N–H and O–H groups in total. The highest BCUT2D eigenvalue weighted by Gasteiger charge is 2.18. The van der Waals surface area contributed by atoms with Crippen molar-refractivity contribution in [3.05, 3.63) is 85.0 Å². The highest BCUT2D eigenvalue weighted by atomic mass is 79.9. The van der Waals surface area contributed by atoms with Crippen LogP contribution in [0.3, 0.4) is 0 Å². The molecular formula is C24H18BrNO8. The molecule has 4 aromatic rings. The Labute approximate surface area is 200 Å². The lowest BCUT2D eigenvalue weighted by Gasteiger charge is -2.07. The van der Waals surface area contributed by atoms with Gasteiger partial charge in [-0.3, -0.25) is 4.79 Å². The Morgan fingerprint density at radius 2 is 1.65 bits per heavy atom. The van der Waals surface area contributed by atoms with Crippen LogP contribution in [0.1, 0.15) is 27.1 Å². The minimum absolute atomic E-state index is 0.0474. The summed E-state index contributed by atoms with van der Waals surface area (Å²) in [5, 5.41) is 3.62. The highest BCUT2D eigenvalue weighted by molar-refractivity contribution is 9.10. The molecule has 0 saturated heterocycles. The van der Waals surface area contributed by atoms with Gasteiger partial charge in [0.05, 0.1) is 0 Å². The van der Waals surface area contributed by atoms with Crippen LogP contribution >= 0.6 is 15.9 Å². The molecule has 0 saturated carbocycles. The first-order chi connectivity index (χ1) is 16.4. The molecule has 0 aliphatic carbocycles. The van der Waals surface area contributed by atoms with E-state index in [4.69, 9.17) is 18.3 Å². The summed E-state index contributed by atoms with van der Waals surface area (Å²) >= 11 is 3.33. The van der Waals surface area contributed by atoms with Crippen molar-refractivity contribution in [1.82, 2.24) is 5.32 Å². The van der Waals surface area contributed by atoms with Crippen molar-refractivity contribution in [1.29, 1.82) is 0 Å². The molecule has 2 aromatic heterocycles. The molecule has 4 rings (SSSR count). The first kappa shape index (κ1) is 23.4. The van der Waals surface area contributed by atoms with Crippen molar-refractivity contribution in [3.63, 3.8) is 0 Å². The zero-order valence-electron chi connectivity index (χ0n) is 17.9. The molecule has 9 nitrogen and oxygen atoms in total. The van der Waals surface area contributed by atoms with Gasteiger partial charge in [-0.15, -0.1) is 0 Å². The van der Waals surface area contributed by atoms with E-state index in [2.05, 4.69) is 21.2 Å². The summed E-state index contributed by atoms with van der Waals surface area (Å²) in [6, 6.07) is 12.1. The van der Waals surface area contributed by atoms with Crippen molar-refractivity contribution in [2.75, 3.05) is 20.3 Å². The summed E-state index contributed by atoms with van der Waals surface area (Å²) in [7, 11) is 1.56. The lowest BCUT2D eigenvalue weighted by molar-refractivity contribution is 0.0730. The zero-order valence-corrected chi connectivity index (χ0v) is 19.5. The van der Waals surface area contributed by atoms with E-state index in [1.165, 1.54) is 30.3 Å². The standard InChI is InChI=1S/C24H18BrNO8/c1-31-8-2-7-26-21(27)17-10-13-3-5-16(12-20(13)34-22(17)28)32-23(29)18-11-14-9-15(25)4-6-19(14)33-24(18)30/h3-6,9-12H,2,7-8H2,1H3,(H,26,27). The van der Waals surface area contributed by atoms with Gasteiger partial charge in [0.1, 0.15) is 28.0 Å². The average Bonchev–Trinajstić information content (AvgIpc) is 2.81. The van der Waals surface area contributed by atoms with Crippen LogP contribution in [0.25, 0.3) is 21.9 Å². The lowest BCUT2D eigenvalue weighted by Crippen LogP contribution is -2.29. The van der Waals surface area contributed by atoms with Crippen LogP contribution in [0.2, 0.25) is 0 Å². The van der Waals surface area contributed by atoms with Crippen molar-refractivity contribution in [3.8, 4) is 5.75 Å². The maximum absolute atomic E-state index is 12.6. The Balaban J connectivity index is 1.56. The van der Waals surface area contributed by atoms with E-state index in [1.54, 1.807) is 25.3 Å². The van der Waals surface area contributed by atoms with Gasteiger partial charge in [0.25, 0.3) is 5.91 Å². The molecule has 174 valence electrons. The van der Waals surface area contributed by atoms with Gasteiger partial charge in [0, 0.05) is 41.6 Å². The van der Waals surface area contributed by atoms with E-state index in [0.717, 1.165) is 4.47 Å². The predicted molar refractivity (Wildman–Crippen MR) is 126 cm³/mol. The van der Waals surface area contributed by atoms with Crippen molar-refractivity contribution in [2.24, 2.45) is 0 Å². The second-order valence-corrected chi connectivity index (χ2v) is 8.18. The molecule has 2 heterocycles. The van der Waals surface area contributed by atoms with E-state index in [-0.39, 0.29) is 22.5 Å². The van der Waals surface area contributed by atoms with Crippen LogP contribution < -0.4 is 21.3 Å². The fraction of sp³-hybridized carbons (Fsp3) is 0.167. The van der Waals surface area contributed by atoms with Gasteiger partial charge in [0.15, 0.2) is 0 Å². The molecule has 0 atom stereocenters. The minimum atomic E-state index is -0.927. The molecule has 34 heavy (non-hydrogen) atoms.